The summed E-state index contributed by atoms with van der Waals surface area (Å²) in [7, 11) is 0. The minimum atomic E-state index is -0.224. The second-order valence-corrected chi connectivity index (χ2v) is 6.29. The first-order valence-corrected chi connectivity index (χ1v) is 8.52. The molecular formula is C18H19N7O. The molecular weight excluding hydrogens is 330 g/mol. The van der Waals surface area contributed by atoms with Crippen LogP contribution >= 0.6 is 0 Å². The van der Waals surface area contributed by atoms with Gasteiger partial charge in [0.25, 0.3) is 0 Å². The van der Waals surface area contributed by atoms with Crippen molar-refractivity contribution in [2.75, 3.05) is 5.32 Å². The van der Waals surface area contributed by atoms with Gasteiger partial charge in [-0.3, -0.25) is 0 Å². The summed E-state index contributed by atoms with van der Waals surface area (Å²) in [5, 5.41) is 10.0. The quantitative estimate of drug-likeness (QED) is 0.755. The molecule has 4 rings (SSSR count). The predicted molar refractivity (Wildman–Crippen MR) is 96.5 cm³/mol. The van der Waals surface area contributed by atoms with Crippen LogP contribution in [-0.4, -0.2) is 36.8 Å². The van der Waals surface area contributed by atoms with Gasteiger partial charge in [0.2, 0.25) is 0 Å². The number of urea groups is 1. The molecule has 2 aromatic heterocycles. The summed E-state index contributed by atoms with van der Waals surface area (Å²) in [5.41, 5.74) is 2.54. The number of benzene rings is 1. The fourth-order valence-corrected chi connectivity index (χ4v) is 3.00. The van der Waals surface area contributed by atoms with Gasteiger partial charge in [-0.25, -0.2) is 24.4 Å². The van der Waals surface area contributed by atoms with Gasteiger partial charge in [0.05, 0.1) is 12.6 Å². The summed E-state index contributed by atoms with van der Waals surface area (Å²) in [6.07, 6.45) is 4.96. The van der Waals surface area contributed by atoms with E-state index < -0.39 is 0 Å². The normalized spacial score (nSPS) is 16.0. The second kappa shape index (κ2) is 6.91. The van der Waals surface area contributed by atoms with E-state index in [1.54, 1.807) is 12.5 Å². The molecule has 2 N–H and O–H groups in total. The number of aromatic nitrogens is 5. The molecule has 0 fully saturated rings. The standard InChI is InChI=1S/C18H19N7O/c1-12-8-9-19-17(22-12)13-2-4-14(5-3-13)23-18(26)24-15-6-7-16-20-11-21-25(16)10-15/h2-5,8-9,11,15H,6-7,10H2,1H3,(H2,23,24,26). The predicted octanol–water partition coefficient (Wildman–Crippen LogP) is 2.18. The van der Waals surface area contributed by atoms with Gasteiger partial charge in [0, 0.05) is 29.6 Å². The Balaban J connectivity index is 1.36. The highest BCUT2D eigenvalue weighted by molar-refractivity contribution is 5.89. The maximum absolute atomic E-state index is 12.2. The molecule has 3 aromatic rings. The molecule has 0 radical (unpaired) electrons. The Kier molecular flexibility index (Phi) is 4.30. The van der Waals surface area contributed by atoms with Gasteiger partial charge < -0.3 is 10.6 Å². The molecule has 0 aliphatic carbocycles. The van der Waals surface area contributed by atoms with Crippen molar-refractivity contribution >= 4 is 11.7 Å². The third kappa shape index (κ3) is 3.53. The van der Waals surface area contributed by atoms with Crippen molar-refractivity contribution in [3.63, 3.8) is 0 Å². The number of amides is 2. The molecule has 2 amide bonds. The molecule has 0 spiro atoms. The summed E-state index contributed by atoms with van der Waals surface area (Å²) in [6.45, 7) is 2.57. The van der Waals surface area contributed by atoms with Crippen LogP contribution in [0.4, 0.5) is 10.5 Å². The SMILES string of the molecule is Cc1ccnc(-c2ccc(NC(=O)NC3CCc4ncnn4C3)cc2)n1. The third-order valence-electron chi connectivity index (χ3n) is 4.34. The minimum absolute atomic E-state index is 0.0455. The Hall–Kier alpha value is -3.29. The van der Waals surface area contributed by atoms with Gasteiger partial charge >= 0.3 is 6.03 Å². The number of nitrogens with one attached hydrogen (secondary N) is 2. The summed E-state index contributed by atoms with van der Waals surface area (Å²) >= 11 is 0. The van der Waals surface area contributed by atoms with Crippen molar-refractivity contribution in [1.82, 2.24) is 30.0 Å². The monoisotopic (exact) mass is 349 g/mol. The highest BCUT2D eigenvalue weighted by atomic mass is 16.2. The molecule has 1 aromatic carbocycles. The third-order valence-corrected chi connectivity index (χ3v) is 4.34. The number of carbonyl (C=O) groups excluding carboxylic acids is 1. The average Bonchev–Trinajstić information content (AvgIpc) is 3.10. The largest absolute Gasteiger partial charge is 0.333 e. The fourth-order valence-electron chi connectivity index (χ4n) is 3.00. The van der Waals surface area contributed by atoms with Crippen molar-refractivity contribution in [2.45, 2.75) is 32.4 Å². The van der Waals surface area contributed by atoms with E-state index in [1.807, 2.05) is 41.9 Å². The van der Waals surface area contributed by atoms with Crippen molar-refractivity contribution < 1.29 is 4.79 Å². The zero-order valence-corrected chi connectivity index (χ0v) is 14.4. The van der Waals surface area contributed by atoms with E-state index in [4.69, 9.17) is 0 Å². The molecule has 1 unspecified atom stereocenters. The van der Waals surface area contributed by atoms with Crippen LogP contribution in [-0.2, 0) is 13.0 Å². The molecule has 132 valence electrons. The molecule has 0 bridgehead atoms. The Morgan fingerprint density at radius 2 is 2.04 bits per heavy atom. The summed E-state index contributed by atoms with van der Waals surface area (Å²) < 4.78 is 1.84. The molecule has 0 saturated carbocycles. The van der Waals surface area contributed by atoms with Crippen molar-refractivity contribution in [1.29, 1.82) is 0 Å². The first-order chi connectivity index (χ1) is 12.7. The van der Waals surface area contributed by atoms with Crippen LogP contribution in [0.1, 0.15) is 17.9 Å². The van der Waals surface area contributed by atoms with E-state index in [2.05, 4.69) is 30.7 Å². The van der Waals surface area contributed by atoms with E-state index in [1.165, 1.54) is 0 Å². The van der Waals surface area contributed by atoms with Crippen LogP contribution < -0.4 is 10.6 Å². The lowest BCUT2D eigenvalue weighted by Crippen LogP contribution is -2.43. The average molecular weight is 349 g/mol. The van der Waals surface area contributed by atoms with Gasteiger partial charge in [-0.2, -0.15) is 5.10 Å². The second-order valence-electron chi connectivity index (χ2n) is 6.29. The van der Waals surface area contributed by atoms with E-state index in [0.29, 0.717) is 12.4 Å². The van der Waals surface area contributed by atoms with E-state index in [0.717, 1.165) is 35.6 Å². The van der Waals surface area contributed by atoms with Gasteiger partial charge in [0.1, 0.15) is 12.2 Å². The molecule has 1 atom stereocenters. The maximum atomic E-state index is 12.2. The Bertz CT molecular complexity index is 919. The lowest BCUT2D eigenvalue weighted by molar-refractivity contribution is 0.243. The smallest absolute Gasteiger partial charge is 0.319 e. The van der Waals surface area contributed by atoms with Crippen molar-refractivity contribution in [3.8, 4) is 11.4 Å². The highest BCUT2D eigenvalue weighted by Gasteiger charge is 2.21. The van der Waals surface area contributed by atoms with E-state index in [9.17, 15) is 4.79 Å². The zero-order valence-electron chi connectivity index (χ0n) is 14.4. The molecule has 0 saturated heterocycles. The number of hydrogen-bond donors (Lipinski definition) is 2. The molecule has 8 heteroatoms. The number of aryl methyl sites for hydroxylation is 2. The fraction of sp³-hybridized carbons (Fsp3) is 0.278. The van der Waals surface area contributed by atoms with Crippen LogP contribution in [0.25, 0.3) is 11.4 Å². The molecule has 3 heterocycles. The lowest BCUT2D eigenvalue weighted by Gasteiger charge is -2.23. The first kappa shape index (κ1) is 16.2. The topological polar surface area (TPSA) is 97.6 Å². The van der Waals surface area contributed by atoms with E-state index >= 15 is 0 Å². The molecule has 26 heavy (non-hydrogen) atoms. The van der Waals surface area contributed by atoms with Gasteiger partial charge in [-0.1, -0.05) is 0 Å². The van der Waals surface area contributed by atoms with Crippen LogP contribution in [0.2, 0.25) is 0 Å². The number of anilines is 1. The minimum Gasteiger partial charge on any atom is -0.333 e. The summed E-state index contributed by atoms with van der Waals surface area (Å²) in [6, 6.07) is 9.16. The maximum Gasteiger partial charge on any atom is 0.319 e. The zero-order chi connectivity index (χ0) is 17.9. The Morgan fingerprint density at radius 1 is 1.19 bits per heavy atom. The van der Waals surface area contributed by atoms with Crippen molar-refractivity contribution in [3.05, 3.63) is 54.4 Å². The molecule has 8 nitrogen and oxygen atoms in total. The number of nitrogens with zero attached hydrogens (tertiary/aromatic N) is 5. The summed E-state index contributed by atoms with van der Waals surface area (Å²) in [4.78, 5) is 25.1. The van der Waals surface area contributed by atoms with E-state index in [-0.39, 0.29) is 12.1 Å². The Labute approximate surface area is 150 Å². The lowest BCUT2D eigenvalue weighted by atomic mass is 10.1. The number of hydrogen-bond acceptors (Lipinski definition) is 5. The van der Waals surface area contributed by atoms with Gasteiger partial charge in [0.15, 0.2) is 5.82 Å². The van der Waals surface area contributed by atoms with Gasteiger partial charge in [-0.05, 0) is 43.7 Å². The summed E-state index contributed by atoms with van der Waals surface area (Å²) in [5.74, 6) is 1.64. The molecule has 1 aliphatic heterocycles. The number of rotatable bonds is 3. The number of fused-ring (bicyclic) bond motifs is 1. The van der Waals surface area contributed by atoms with Crippen LogP contribution in [0.15, 0.2) is 42.9 Å². The van der Waals surface area contributed by atoms with Crippen molar-refractivity contribution in [2.24, 2.45) is 0 Å². The highest BCUT2D eigenvalue weighted by Crippen LogP contribution is 2.18. The number of carbonyl (C=O) groups is 1. The van der Waals surface area contributed by atoms with Gasteiger partial charge in [-0.15, -0.1) is 0 Å². The van der Waals surface area contributed by atoms with Crippen LogP contribution in [0, 0.1) is 6.92 Å². The first-order valence-electron chi connectivity index (χ1n) is 8.52. The Morgan fingerprint density at radius 3 is 2.85 bits per heavy atom. The molecule has 1 aliphatic rings. The van der Waals surface area contributed by atoms with Crippen LogP contribution in [0.5, 0.6) is 0 Å². The van der Waals surface area contributed by atoms with Crippen LogP contribution in [0.3, 0.4) is 0 Å².